The Labute approximate surface area is 139 Å². The van der Waals surface area contributed by atoms with Gasteiger partial charge in [-0.05, 0) is 44.2 Å². The summed E-state index contributed by atoms with van der Waals surface area (Å²) in [5.74, 6) is 0.117. The molecule has 4 heteroatoms. The summed E-state index contributed by atoms with van der Waals surface area (Å²) in [7, 11) is 1.65. The number of aryl methyl sites for hydroxylation is 2. The topological polar surface area (TPSA) is 49.4 Å². The van der Waals surface area contributed by atoms with Crippen LogP contribution in [-0.2, 0) is 9.59 Å². The fourth-order valence-corrected chi connectivity index (χ4v) is 3.30. The number of hydrogen-bond acceptors (Lipinski definition) is 2. The van der Waals surface area contributed by atoms with Crippen LogP contribution in [0.5, 0.6) is 0 Å². The summed E-state index contributed by atoms with van der Waals surface area (Å²) >= 11 is 0. The second-order valence-electron chi connectivity index (χ2n) is 6.58. The van der Waals surface area contributed by atoms with Crippen LogP contribution in [0.15, 0.2) is 18.2 Å². The predicted octanol–water partition coefficient (Wildman–Crippen LogP) is 2.93. The van der Waals surface area contributed by atoms with Crippen molar-refractivity contribution < 1.29 is 9.59 Å². The van der Waals surface area contributed by atoms with Crippen molar-refractivity contribution in [2.75, 3.05) is 20.1 Å². The Kier molecular flexibility index (Phi) is 6.20. The maximum Gasteiger partial charge on any atom is 0.223 e. The summed E-state index contributed by atoms with van der Waals surface area (Å²) in [6.07, 6.45) is 4.17. The van der Waals surface area contributed by atoms with Crippen molar-refractivity contribution in [3.05, 3.63) is 34.9 Å². The van der Waals surface area contributed by atoms with Gasteiger partial charge in [0, 0.05) is 38.9 Å². The average molecular weight is 316 g/mol. The van der Waals surface area contributed by atoms with Gasteiger partial charge in [-0.1, -0.05) is 23.8 Å². The van der Waals surface area contributed by atoms with Crippen LogP contribution in [0, 0.1) is 13.8 Å². The second-order valence-corrected chi connectivity index (χ2v) is 6.58. The second kappa shape index (κ2) is 8.14. The third kappa shape index (κ3) is 4.81. The highest BCUT2D eigenvalue weighted by molar-refractivity contribution is 5.80. The van der Waals surface area contributed by atoms with Gasteiger partial charge in [-0.15, -0.1) is 0 Å². The molecular formula is C19H28N2O2. The van der Waals surface area contributed by atoms with Crippen molar-refractivity contribution in [1.82, 2.24) is 10.2 Å². The lowest BCUT2D eigenvalue weighted by Crippen LogP contribution is -2.36. The molecule has 126 valence electrons. The fourth-order valence-electron chi connectivity index (χ4n) is 3.30. The standard InChI is InChI=1S/C19H28N2O2/c1-14-7-8-15(2)17(11-14)16(12-18(22)20-3)13-19(23)21-9-5-4-6-10-21/h7-8,11,16H,4-6,9-10,12-13H2,1-3H3,(H,20,22)/t16-/m1/s1. The number of hydrogen-bond donors (Lipinski definition) is 1. The quantitative estimate of drug-likeness (QED) is 0.908. The van der Waals surface area contributed by atoms with E-state index in [9.17, 15) is 9.59 Å². The molecule has 1 aliphatic rings. The first-order valence-electron chi connectivity index (χ1n) is 8.56. The monoisotopic (exact) mass is 316 g/mol. The van der Waals surface area contributed by atoms with E-state index in [4.69, 9.17) is 0 Å². The first kappa shape index (κ1) is 17.5. The van der Waals surface area contributed by atoms with Gasteiger partial charge in [-0.25, -0.2) is 0 Å². The molecule has 0 aliphatic carbocycles. The molecule has 1 N–H and O–H groups in total. The summed E-state index contributed by atoms with van der Waals surface area (Å²) in [4.78, 5) is 26.5. The van der Waals surface area contributed by atoms with E-state index < -0.39 is 0 Å². The number of carbonyl (C=O) groups is 2. The van der Waals surface area contributed by atoms with Gasteiger partial charge in [0.1, 0.15) is 0 Å². The van der Waals surface area contributed by atoms with Crippen molar-refractivity contribution in [3.8, 4) is 0 Å². The van der Waals surface area contributed by atoms with Gasteiger partial charge in [0.05, 0.1) is 0 Å². The van der Waals surface area contributed by atoms with Crippen LogP contribution in [0.1, 0.15) is 54.7 Å². The van der Waals surface area contributed by atoms with Crippen LogP contribution in [-0.4, -0.2) is 36.9 Å². The third-order valence-corrected chi connectivity index (χ3v) is 4.71. The third-order valence-electron chi connectivity index (χ3n) is 4.71. The van der Waals surface area contributed by atoms with E-state index in [2.05, 4.69) is 30.4 Å². The average Bonchev–Trinajstić information content (AvgIpc) is 2.57. The molecule has 0 radical (unpaired) electrons. The molecule has 2 amide bonds. The Hall–Kier alpha value is -1.84. The predicted molar refractivity (Wildman–Crippen MR) is 92.4 cm³/mol. The minimum absolute atomic E-state index is 0.0117. The molecule has 0 spiro atoms. The summed E-state index contributed by atoms with van der Waals surface area (Å²) < 4.78 is 0. The first-order chi connectivity index (χ1) is 11.0. The number of rotatable bonds is 5. The van der Waals surface area contributed by atoms with E-state index >= 15 is 0 Å². The van der Waals surface area contributed by atoms with Crippen LogP contribution in [0.2, 0.25) is 0 Å². The van der Waals surface area contributed by atoms with E-state index in [1.807, 2.05) is 11.8 Å². The highest BCUT2D eigenvalue weighted by Gasteiger charge is 2.24. The molecule has 0 saturated carbocycles. The van der Waals surface area contributed by atoms with E-state index in [-0.39, 0.29) is 17.7 Å². The number of amides is 2. The first-order valence-corrected chi connectivity index (χ1v) is 8.56. The maximum atomic E-state index is 12.6. The number of benzene rings is 1. The van der Waals surface area contributed by atoms with Crippen LogP contribution in [0.4, 0.5) is 0 Å². The summed E-state index contributed by atoms with van der Waals surface area (Å²) in [5.41, 5.74) is 3.44. The van der Waals surface area contributed by atoms with Crippen molar-refractivity contribution in [2.45, 2.75) is 51.9 Å². The number of nitrogens with zero attached hydrogens (tertiary/aromatic N) is 1. The van der Waals surface area contributed by atoms with Crippen molar-refractivity contribution in [3.63, 3.8) is 0 Å². The van der Waals surface area contributed by atoms with Crippen LogP contribution >= 0.6 is 0 Å². The normalized spacial score (nSPS) is 16.0. The van der Waals surface area contributed by atoms with E-state index in [1.165, 1.54) is 6.42 Å². The van der Waals surface area contributed by atoms with Gasteiger partial charge in [-0.2, -0.15) is 0 Å². The van der Waals surface area contributed by atoms with Gasteiger partial charge in [0.25, 0.3) is 0 Å². The largest absolute Gasteiger partial charge is 0.359 e. The minimum atomic E-state index is -0.0516. The van der Waals surface area contributed by atoms with Crippen LogP contribution < -0.4 is 5.32 Å². The minimum Gasteiger partial charge on any atom is -0.359 e. The zero-order valence-electron chi connectivity index (χ0n) is 14.5. The molecule has 0 aromatic heterocycles. The number of piperidine rings is 1. The number of carbonyl (C=O) groups excluding carboxylic acids is 2. The van der Waals surface area contributed by atoms with E-state index in [0.29, 0.717) is 12.8 Å². The number of nitrogens with one attached hydrogen (secondary N) is 1. The Bertz CT molecular complexity index is 562. The van der Waals surface area contributed by atoms with Gasteiger partial charge in [0.15, 0.2) is 0 Å². The van der Waals surface area contributed by atoms with Crippen molar-refractivity contribution in [2.24, 2.45) is 0 Å². The van der Waals surface area contributed by atoms with Gasteiger partial charge in [-0.3, -0.25) is 9.59 Å². The summed E-state index contributed by atoms with van der Waals surface area (Å²) in [6.45, 7) is 5.82. The van der Waals surface area contributed by atoms with Gasteiger partial charge in [0.2, 0.25) is 11.8 Å². The smallest absolute Gasteiger partial charge is 0.223 e. The molecule has 1 atom stereocenters. The maximum absolute atomic E-state index is 12.6. The molecule has 2 rings (SSSR count). The Morgan fingerprint density at radius 2 is 1.83 bits per heavy atom. The summed E-state index contributed by atoms with van der Waals surface area (Å²) in [5, 5.41) is 2.69. The van der Waals surface area contributed by atoms with Crippen molar-refractivity contribution >= 4 is 11.8 Å². The van der Waals surface area contributed by atoms with Crippen LogP contribution in [0.25, 0.3) is 0 Å². The van der Waals surface area contributed by atoms with Crippen molar-refractivity contribution in [1.29, 1.82) is 0 Å². The van der Waals surface area contributed by atoms with Gasteiger partial charge < -0.3 is 10.2 Å². The molecule has 1 aromatic carbocycles. The Morgan fingerprint density at radius 3 is 2.48 bits per heavy atom. The molecule has 1 aromatic rings. The lowest BCUT2D eigenvalue weighted by atomic mass is 9.87. The van der Waals surface area contributed by atoms with Gasteiger partial charge >= 0.3 is 0 Å². The number of likely N-dealkylation sites (tertiary alicyclic amines) is 1. The molecule has 1 aliphatic heterocycles. The Balaban J connectivity index is 2.17. The molecule has 4 nitrogen and oxygen atoms in total. The van der Waals surface area contributed by atoms with Crippen LogP contribution in [0.3, 0.4) is 0 Å². The molecule has 23 heavy (non-hydrogen) atoms. The fraction of sp³-hybridized carbons (Fsp3) is 0.579. The molecule has 0 bridgehead atoms. The SMILES string of the molecule is CNC(=O)C[C@H](CC(=O)N1CCCCC1)c1cc(C)ccc1C. The van der Waals surface area contributed by atoms with E-state index in [0.717, 1.165) is 42.6 Å². The zero-order chi connectivity index (χ0) is 16.8. The molecule has 1 fully saturated rings. The molecule has 1 heterocycles. The highest BCUT2D eigenvalue weighted by Crippen LogP contribution is 2.28. The highest BCUT2D eigenvalue weighted by atomic mass is 16.2. The molecular weight excluding hydrogens is 288 g/mol. The molecule has 0 unspecified atom stereocenters. The summed E-state index contributed by atoms with van der Waals surface area (Å²) in [6, 6.07) is 6.27. The molecule has 1 saturated heterocycles. The van der Waals surface area contributed by atoms with E-state index in [1.54, 1.807) is 7.05 Å². The zero-order valence-corrected chi connectivity index (χ0v) is 14.5. The Morgan fingerprint density at radius 1 is 1.13 bits per heavy atom. The lowest BCUT2D eigenvalue weighted by molar-refractivity contribution is -0.132. The lowest BCUT2D eigenvalue weighted by Gasteiger charge is -2.29.